The third-order valence-electron chi connectivity index (χ3n) is 1.91. The first-order chi connectivity index (χ1) is 7.89. The van der Waals surface area contributed by atoms with E-state index in [1.807, 2.05) is 0 Å². The van der Waals surface area contributed by atoms with E-state index in [0.29, 0.717) is 11.3 Å². The number of aromatic nitrogens is 3. The molecule has 0 aliphatic rings. The van der Waals surface area contributed by atoms with Crippen molar-refractivity contribution in [2.75, 3.05) is 0 Å². The van der Waals surface area contributed by atoms with Crippen molar-refractivity contribution in [3.8, 4) is 0 Å². The largest absolute Gasteiger partial charge is 0.435 e. The fraction of sp³-hybridized carbons (Fsp3) is 0.222. The van der Waals surface area contributed by atoms with Crippen LogP contribution in [0.25, 0.3) is 0 Å². The first-order valence-corrected chi connectivity index (χ1v) is 5.30. The van der Waals surface area contributed by atoms with Gasteiger partial charge in [0.15, 0.2) is 5.69 Å². The van der Waals surface area contributed by atoms with Crippen LogP contribution in [0.15, 0.2) is 18.5 Å². The molecule has 2 aromatic rings. The summed E-state index contributed by atoms with van der Waals surface area (Å²) < 4.78 is 38.7. The first-order valence-electron chi connectivity index (χ1n) is 4.48. The van der Waals surface area contributed by atoms with Crippen LogP contribution >= 0.6 is 11.3 Å². The minimum atomic E-state index is -4.64. The van der Waals surface area contributed by atoms with Crippen molar-refractivity contribution >= 4 is 17.2 Å². The molecule has 0 saturated carbocycles. The van der Waals surface area contributed by atoms with Gasteiger partial charge in [-0.1, -0.05) is 0 Å². The summed E-state index contributed by atoms with van der Waals surface area (Å²) in [6.45, 7) is 1.42. The highest BCUT2D eigenvalue weighted by molar-refractivity contribution is 7.13. The molecule has 0 aliphatic heterocycles. The number of nitrogens with zero attached hydrogens (tertiary/aromatic N) is 3. The Morgan fingerprint density at radius 2 is 2.18 bits per heavy atom. The smallest absolute Gasteiger partial charge is 0.266 e. The van der Waals surface area contributed by atoms with Gasteiger partial charge in [0, 0.05) is 12.4 Å². The van der Waals surface area contributed by atoms with Crippen LogP contribution in [0.1, 0.15) is 20.4 Å². The van der Waals surface area contributed by atoms with Gasteiger partial charge in [0.1, 0.15) is 4.88 Å². The molecule has 0 atom stereocenters. The number of rotatable bonds is 1. The van der Waals surface area contributed by atoms with Crippen molar-refractivity contribution in [2.24, 2.45) is 0 Å². The Morgan fingerprint density at radius 3 is 2.71 bits per heavy atom. The number of aryl methyl sites for hydroxylation is 1. The molecule has 0 amide bonds. The van der Waals surface area contributed by atoms with Crippen molar-refractivity contribution in [1.82, 2.24) is 14.8 Å². The van der Waals surface area contributed by atoms with Gasteiger partial charge in [0.25, 0.3) is 5.91 Å². The maximum Gasteiger partial charge on any atom is 0.435 e. The van der Waals surface area contributed by atoms with Crippen LogP contribution in [-0.4, -0.2) is 20.7 Å². The Balaban J connectivity index is 2.49. The summed E-state index contributed by atoms with van der Waals surface area (Å²) in [6.07, 6.45) is -2.03. The average molecular weight is 261 g/mol. The highest BCUT2D eigenvalue weighted by atomic mass is 32.1. The van der Waals surface area contributed by atoms with Crippen molar-refractivity contribution in [1.29, 1.82) is 0 Å². The second-order valence-electron chi connectivity index (χ2n) is 3.16. The normalized spacial score (nSPS) is 11.8. The summed E-state index contributed by atoms with van der Waals surface area (Å²) in [6, 6.07) is 1.46. The molecule has 0 N–H and O–H groups in total. The van der Waals surface area contributed by atoms with Gasteiger partial charge in [0.05, 0.1) is 5.01 Å². The van der Waals surface area contributed by atoms with Crippen molar-refractivity contribution in [2.45, 2.75) is 13.1 Å². The molecule has 8 heteroatoms. The third-order valence-corrected chi connectivity index (χ3v) is 2.87. The molecule has 0 bridgehead atoms. The van der Waals surface area contributed by atoms with Crippen LogP contribution < -0.4 is 0 Å². The van der Waals surface area contributed by atoms with Gasteiger partial charge in [-0.3, -0.25) is 4.79 Å². The first kappa shape index (κ1) is 11.8. The number of halogens is 3. The summed E-state index contributed by atoms with van der Waals surface area (Å²) in [7, 11) is 0. The molecule has 4 nitrogen and oxygen atoms in total. The van der Waals surface area contributed by atoms with E-state index < -0.39 is 22.7 Å². The molecule has 17 heavy (non-hydrogen) atoms. The maximum absolute atomic E-state index is 12.6. The molecule has 0 aromatic carbocycles. The molecule has 2 rings (SSSR count). The molecule has 0 radical (unpaired) electrons. The van der Waals surface area contributed by atoms with Crippen LogP contribution in [0.3, 0.4) is 0 Å². The van der Waals surface area contributed by atoms with E-state index >= 15 is 0 Å². The number of hydrogen-bond acceptors (Lipinski definition) is 4. The predicted octanol–water partition coefficient (Wildman–Crippen LogP) is 2.36. The van der Waals surface area contributed by atoms with E-state index in [2.05, 4.69) is 10.1 Å². The molecular formula is C9H6F3N3OS. The number of carbonyl (C=O) groups excluding carboxylic acids is 1. The zero-order chi connectivity index (χ0) is 12.6. The van der Waals surface area contributed by atoms with E-state index in [4.69, 9.17) is 0 Å². The minimum absolute atomic E-state index is 0.188. The molecule has 0 unspecified atom stereocenters. The van der Waals surface area contributed by atoms with Crippen LogP contribution in [0.4, 0.5) is 13.2 Å². The number of carbonyl (C=O) groups is 1. The van der Waals surface area contributed by atoms with Gasteiger partial charge < -0.3 is 0 Å². The summed E-state index contributed by atoms with van der Waals surface area (Å²) in [5.41, 5.74) is -1.15. The van der Waals surface area contributed by atoms with Crippen molar-refractivity contribution in [3.05, 3.63) is 34.0 Å². The summed E-state index contributed by atoms with van der Waals surface area (Å²) in [4.78, 5) is 14.7. The van der Waals surface area contributed by atoms with Gasteiger partial charge in [-0.15, -0.1) is 11.3 Å². The number of thiazole rings is 1. The van der Waals surface area contributed by atoms with Crippen LogP contribution in [0, 0.1) is 6.92 Å². The Bertz CT molecular complexity index is 544. The average Bonchev–Trinajstić information content (AvgIpc) is 2.83. The lowest BCUT2D eigenvalue weighted by atomic mass is 10.3. The fourth-order valence-electron chi connectivity index (χ4n) is 1.26. The van der Waals surface area contributed by atoms with Gasteiger partial charge in [-0.05, 0) is 13.0 Å². The number of hydrogen-bond donors (Lipinski definition) is 0. The maximum atomic E-state index is 12.6. The summed E-state index contributed by atoms with van der Waals surface area (Å²) in [5, 5.41) is 3.79. The van der Waals surface area contributed by atoms with Crippen LogP contribution in [0.2, 0.25) is 0 Å². The van der Waals surface area contributed by atoms with Crippen molar-refractivity contribution < 1.29 is 18.0 Å². The number of alkyl halides is 3. The van der Waals surface area contributed by atoms with Crippen LogP contribution in [-0.2, 0) is 6.18 Å². The highest BCUT2D eigenvalue weighted by Gasteiger charge is 2.39. The monoisotopic (exact) mass is 261 g/mol. The fourth-order valence-corrected chi connectivity index (χ4v) is 2.13. The topological polar surface area (TPSA) is 47.8 Å². The molecule has 0 aliphatic carbocycles. The molecule has 2 heterocycles. The summed E-state index contributed by atoms with van der Waals surface area (Å²) >= 11 is 0.706. The molecular weight excluding hydrogens is 255 g/mol. The summed E-state index contributed by atoms with van der Waals surface area (Å²) in [5.74, 6) is -0.826. The Morgan fingerprint density at radius 1 is 1.47 bits per heavy atom. The van der Waals surface area contributed by atoms with Crippen molar-refractivity contribution in [3.63, 3.8) is 0 Å². The van der Waals surface area contributed by atoms with Gasteiger partial charge in [-0.2, -0.15) is 18.3 Å². The van der Waals surface area contributed by atoms with Gasteiger partial charge in [-0.25, -0.2) is 9.67 Å². The molecule has 90 valence electrons. The second-order valence-corrected chi connectivity index (χ2v) is 4.37. The van der Waals surface area contributed by atoms with E-state index in [0.717, 1.165) is 4.68 Å². The molecule has 0 saturated heterocycles. The standard InChI is InChI=1S/C9H6F3N3OS/c1-5-14-7(9(10,11)12)6(17-5)8(16)15-4-2-3-13-15/h2-4H,1H3. The van der Waals surface area contributed by atoms with Gasteiger partial charge in [0.2, 0.25) is 0 Å². The quantitative estimate of drug-likeness (QED) is 0.791. The molecule has 2 aromatic heterocycles. The lowest BCUT2D eigenvalue weighted by Gasteiger charge is -2.04. The van der Waals surface area contributed by atoms with E-state index in [9.17, 15) is 18.0 Å². The zero-order valence-corrected chi connectivity index (χ0v) is 9.34. The Kier molecular flexibility index (Phi) is 2.74. The van der Waals surface area contributed by atoms with Crippen LogP contribution in [0.5, 0.6) is 0 Å². The van der Waals surface area contributed by atoms with E-state index in [1.165, 1.54) is 25.4 Å². The second kappa shape index (κ2) is 3.95. The Hall–Kier alpha value is -1.70. The lowest BCUT2D eigenvalue weighted by molar-refractivity contribution is -0.141. The molecule has 0 spiro atoms. The van der Waals surface area contributed by atoms with Gasteiger partial charge >= 0.3 is 6.18 Å². The third kappa shape index (κ3) is 2.21. The Labute approximate surface area is 97.7 Å². The van der Waals surface area contributed by atoms with E-state index in [-0.39, 0.29) is 5.01 Å². The highest BCUT2D eigenvalue weighted by Crippen LogP contribution is 2.34. The lowest BCUT2D eigenvalue weighted by Crippen LogP contribution is -2.17. The zero-order valence-electron chi connectivity index (χ0n) is 8.52. The van der Waals surface area contributed by atoms with E-state index in [1.54, 1.807) is 0 Å². The predicted molar refractivity (Wildman–Crippen MR) is 53.8 cm³/mol. The molecule has 0 fully saturated rings. The SMILES string of the molecule is Cc1nc(C(F)(F)F)c(C(=O)n2cccn2)s1. The minimum Gasteiger partial charge on any atom is -0.266 e.